The van der Waals surface area contributed by atoms with Gasteiger partial charge in [0.15, 0.2) is 0 Å². The Labute approximate surface area is 226 Å². The first-order valence-corrected chi connectivity index (χ1v) is 13.1. The molecule has 7 heteroatoms. The molecule has 0 aliphatic carbocycles. The fourth-order valence-electron chi connectivity index (χ4n) is 4.27. The lowest BCUT2D eigenvalue weighted by atomic mass is 10.1. The highest BCUT2D eigenvalue weighted by Crippen LogP contribution is 2.33. The Bertz CT molecular complexity index is 1400. The predicted molar refractivity (Wildman–Crippen MR) is 152 cm³/mol. The molecule has 0 spiro atoms. The molecule has 37 heavy (non-hydrogen) atoms. The van der Waals surface area contributed by atoms with Crippen LogP contribution in [0, 0.1) is 19.8 Å². The van der Waals surface area contributed by atoms with E-state index in [1.165, 1.54) is 0 Å². The van der Waals surface area contributed by atoms with E-state index in [0.717, 1.165) is 32.5 Å². The smallest absolute Gasteiger partial charge is 0.254 e. The lowest BCUT2D eigenvalue weighted by molar-refractivity contribution is -0.117. The molecule has 0 saturated carbocycles. The number of benzene rings is 3. The van der Waals surface area contributed by atoms with Gasteiger partial charge in [-0.15, -0.1) is 0 Å². The Balaban J connectivity index is 1.69. The first kappa shape index (κ1) is 26.4. The van der Waals surface area contributed by atoms with Crippen LogP contribution in [0.15, 0.2) is 83.3 Å². The van der Waals surface area contributed by atoms with E-state index in [1.807, 2.05) is 94.4 Å². The van der Waals surface area contributed by atoms with Crippen LogP contribution in [0.25, 0.3) is 16.8 Å². The van der Waals surface area contributed by atoms with E-state index in [2.05, 4.69) is 21.2 Å². The molecule has 0 unspecified atom stereocenters. The van der Waals surface area contributed by atoms with Crippen molar-refractivity contribution in [1.82, 2.24) is 14.7 Å². The number of halogens is 1. The normalized spacial score (nSPS) is 11.0. The molecule has 3 aromatic carbocycles. The van der Waals surface area contributed by atoms with Crippen LogP contribution in [-0.4, -0.2) is 39.6 Å². The van der Waals surface area contributed by atoms with Crippen molar-refractivity contribution in [2.75, 3.05) is 18.4 Å². The molecule has 2 amide bonds. The van der Waals surface area contributed by atoms with Crippen molar-refractivity contribution in [3.05, 3.63) is 100 Å². The summed E-state index contributed by atoms with van der Waals surface area (Å²) < 4.78 is 2.58. The minimum absolute atomic E-state index is 0.0735. The number of nitrogens with one attached hydrogen (secondary N) is 1. The molecule has 0 radical (unpaired) electrons. The van der Waals surface area contributed by atoms with Crippen molar-refractivity contribution in [3.63, 3.8) is 0 Å². The summed E-state index contributed by atoms with van der Waals surface area (Å²) in [5.41, 5.74) is 5.12. The lowest BCUT2D eigenvalue weighted by Gasteiger charge is -2.24. The summed E-state index contributed by atoms with van der Waals surface area (Å²) in [5, 5.41) is 7.87. The van der Waals surface area contributed by atoms with Crippen LogP contribution in [0.1, 0.15) is 35.5 Å². The second-order valence-electron chi connectivity index (χ2n) is 9.56. The van der Waals surface area contributed by atoms with Gasteiger partial charge in [-0.05, 0) is 55.7 Å². The molecule has 190 valence electrons. The van der Waals surface area contributed by atoms with E-state index in [9.17, 15) is 9.59 Å². The van der Waals surface area contributed by atoms with Crippen molar-refractivity contribution >= 4 is 33.6 Å². The molecular formula is C30H31BrN4O2. The highest BCUT2D eigenvalue weighted by atomic mass is 79.9. The van der Waals surface area contributed by atoms with Crippen molar-refractivity contribution in [3.8, 4) is 16.8 Å². The maximum Gasteiger partial charge on any atom is 0.254 e. The van der Waals surface area contributed by atoms with Gasteiger partial charge in [-0.2, -0.15) is 5.10 Å². The molecule has 6 nitrogen and oxygen atoms in total. The van der Waals surface area contributed by atoms with Crippen LogP contribution in [-0.2, 0) is 4.79 Å². The van der Waals surface area contributed by atoms with Crippen LogP contribution in [0.2, 0.25) is 0 Å². The summed E-state index contributed by atoms with van der Waals surface area (Å²) >= 11 is 3.43. The molecular weight excluding hydrogens is 528 g/mol. The Morgan fingerprint density at radius 1 is 0.973 bits per heavy atom. The van der Waals surface area contributed by atoms with Crippen LogP contribution in [0.3, 0.4) is 0 Å². The highest BCUT2D eigenvalue weighted by molar-refractivity contribution is 9.10. The second kappa shape index (κ2) is 11.6. The summed E-state index contributed by atoms with van der Waals surface area (Å²) in [6.07, 6.45) is 0. The summed E-state index contributed by atoms with van der Waals surface area (Å²) in [5.74, 6) is 0.312. The number of carbonyl (C=O) groups excluding carboxylic acids is 2. The van der Waals surface area contributed by atoms with Crippen molar-refractivity contribution in [2.45, 2.75) is 27.7 Å². The van der Waals surface area contributed by atoms with Gasteiger partial charge in [0.05, 0.1) is 11.4 Å². The number of aryl methyl sites for hydroxylation is 2. The topological polar surface area (TPSA) is 67.2 Å². The van der Waals surface area contributed by atoms with Crippen LogP contribution < -0.4 is 5.32 Å². The average molecular weight is 560 g/mol. The van der Waals surface area contributed by atoms with E-state index in [-0.39, 0.29) is 24.3 Å². The van der Waals surface area contributed by atoms with Crippen molar-refractivity contribution < 1.29 is 9.59 Å². The summed E-state index contributed by atoms with van der Waals surface area (Å²) in [4.78, 5) is 28.4. The monoisotopic (exact) mass is 558 g/mol. The number of carbonyl (C=O) groups is 2. The zero-order valence-electron chi connectivity index (χ0n) is 21.5. The quantitative estimate of drug-likeness (QED) is 0.263. The molecule has 4 rings (SSSR count). The number of anilines is 1. The number of amides is 2. The number of rotatable bonds is 8. The van der Waals surface area contributed by atoms with Gasteiger partial charge >= 0.3 is 0 Å². The highest BCUT2D eigenvalue weighted by Gasteiger charge is 2.24. The van der Waals surface area contributed by atoms with Crippen molar-refractivity contribution in [2.24, 2.45) is 5.92 Å². The molecule has 0 aliphatic heterocycles. The fourth-order valence-corrected chi connectivity index (χ4v) is 4.67. The summed E-state index contributed by atoms with van der Waals surface area (Å²) in [6, 6.07) is 25.1. The van der Waals surface area contributed by atoms with Crippen LogP contribution in [0.4, 0.5) is 5.82 Å². The Morgan fingerprint density at radius 3 is 2.32 bits per heavy atom. The Kier molecular flexibility index (Phi) is 8.24. The van der Waals surface area contributed by atoms with Gasteiger partial charge in [0.1, 0.15) is 12.4 Å². The molecule has 0 fully saturated rings. The molecule has 1 N–H and O–H groups in total. The number of hydrogen-bond donors (Lipinski definition) is 1. The van der Waals surface area contributed by atoms with Gasteiger partial charge in [-0.1, -0.05) is 83.9 Å². The average Bonchev–Trinajstić information content (AvgIpc) is 3.19. The SMILES string of the molecule is Cc1ccc(-n2nc(C)c(-c3ccccc3)c2NC(=O)CN(CC(C)C)C(=O)c2cccc(Br)c2)cc1. The predicted octanol–water partition coefficient (Wildman–Crippen LogP) is 6.66. The number of hydrogen-bond acceptors (Lipinski definition) is 3. The van der Waals surface area contributed by atoms with Gasteiger partial charge < -0.3 is 10.2 Å². The first-order chi connectivity index (χ1) is 17.7. The largest absolute Gasteiger partial charge is 0.329 e. The number of aromatic nitrogens is 2. The third kappa shape index (κ3) is 6.35. The van der Waals surface area contributed by atoms with Gasteiger partial charge in [0, 0.05) is 22.1 Å². The van der Waals surface area contributed by atoms with Crippen LogP contribution >= 0.6 is 15.9 Å². The molecule has 0 atom stereocenters. The Hall–Kier alpha value is -3.71. The minimum Gasteiger partial charge on any atom is -0.329 e. The Morgan fingerprint density at radius 2 is 1.68 bits per heavy atom. The molecule has 4 aromatic rings. The van der Waals surface area contributed by atoms with Gasteiger partial charge in [-0.3, -0.25) is 9.59 Å². The maximum absolute atomic E-state index is 13.5. The zero-order chi connectivity index (χ0) is 26.5. The van der Waals surface area contributed by atoms with E-state index >= 15 is 0 Å². The van der Waals surface area contributed by atoms with Gasteiger partial charge in [-0.25, -0.2) is 4.68 Å². The standard InChI is InChI=1S/C30H31BrN4O2/c1-20(2)18-34(30(37)24-11-8-12-25(31)17-24)19-27(36)32-29-28(23-9-6-5-7-10-23)22(4)33-35(29)26-15-13-21(3)14-16-26/h5-17,20H,18-19H2,1-4H3,(H,32,36). The van der Waals surface area contributed by atoms with Gasteiger partial charge in [0.25, 0.3) is 5.91 Å². The third-order valence-electron chi connectivity index (χ3n) is 5.94. The van der Waals surface area contributed by atoms with E-state index < -0.39 is 0 Å². The lowest BCUT2D eigenvalue weighted by Crippen LogP contribution is -2.40. The second-order valence-corrected chi connectivity index (χ2v) is 10.5. The van der Waals surface area contributed by atoms with E-state index in [0.29, 0.717) is 17.9 Å². The fraction of sp³-hybridized carbons (Fsp3) is 0.233. The number of nitrogens with zero attached hydrogens (tertiary/aromatic N) is 3. The minimum atomic E-state index is -0.283. The first-order valence-electron chi connectivity index (χ1n) is 12.3. The molecule has 1 heterocycles. The third-order valence-corrected chi connectivity index (χ3v) is 6.43. The summed E-state index contributed by atoms with van der Waals surface area (Å²) in [6.45, 7) is 8.41. The summed E-state index contributed by atoms with van der Waals surface area (Å²) in [7, 11) is 0. The van der Waals surface area contributed by atoms with Crippen LogP contribution in [0.5, 0.6) is 0 Å². The van der Waals surface area contributed by atoms with E-state index in [1.54, 1.807) is 21.7 Å². The molecule has 1 aromatic heterocycles. The van der Waals surface area contributed by atoms with E-state index in [4.69, 9.17) is 5.10 Å². The maximum atomic E-state index is 13.5. The molecule has 0 saturated heterocycles. The zero-order valence-corrected chi connectivity index (χ0v) is 23.1. The molecule has 0 aliphatic rings. The van der Waals surface area contributed by atoms with Crippen molar-refractivity contribution in [1.29, 1.82) is 0 Å². The molecule has 0 bridgehead atoms. The van der Waals surface area contributed by atoms with Gasteiger partial charge in [0.2, 0.25) is 5.91 Å².